The highest BCUT2D eigenvalue weighted by Gasteiger charge is 2.32. The number of carboxylic acid groups (broad SMARTS) is 1. The number of aliphatic carboxylic acids is 1. The molecule has 11 heavy (non-hydrogen) atoms. The molecule has 0 bridgehead atoms. The Labute approximate surface area is 65.4 Å². The van der Waals surface area contributed by atoms with E-state index in [2.05, 4.69) is 0 Å². The van der Waals surface area contributed by atoms with E-state index in [9.17, 15) is 9.18 Å². The van der Waals surface area contributed by atoms with Gasteiger partial charge in [0.2, 0.25) is 0 Å². The van der Waals surface area contributed by atoms with Crippen LogP contribution >= 0.6 is 0 Å². The molecule has 0 saturated heterocycles. The molecule has 2 nitrogen and oxygen atoms in total. The van der Waals surface area contributed by atoms with E-state index < -0.39 is 5.97 Å². The van der Waals surface area contributed by atoms with Crippen LogP contribution in [0.2, 0.25) is 0 Å². The smallest absolute Gasteiger partial charge is 0.306 e. The molecule has 2 unspecified atom stereocenters. The number of rotatable bonds is 3. The molecule has 0 heterocycles. The first-order valence-corrected chi connectivity index (χ1v) is 4.04. The van der Waals surface area contributed by atoms with Crippen LogP contribution in [0.3, 0.4) is 0 Å². The van der Waals surface area contributed by atoms with E-state index in [1.807, 2.05) is 0 Å². The average Bonchev–Trinajstić information content (AvgIpc) is 2.36. The Morgan fingerprint density at radius 3 is 2.82 bits per heavy atom. The third-order valence-corrected chi connectivity index (χ3v) is 2.46. The summed E-state index contributed by atoms with van der Waals surface area (Å²) < 4.78 is 11.9. The molecule has 0 radical (unpaired) electrons. The predicted octanol–water partition coefficient (Wildman–Crippen LogP) is 1.85. The molecule has 64 valence electrons. The zero-order valence-corrected chi connectivity index (χ0v) is 6.42. The van der Waals surface area contributed by atoms with Gasteiger partial charge in [0.25, 0.3) is 0 Å². The number of alkyl halides is 1. The van der Waals surface area contributed by atoms with E-state index in [1.165, 1.54) is 0 Å². The van der Waals surface area contributed by atoms with Crippen LogP contribution in [-0.4, -0.2) is 17.8 Å². The minimum absolute atomic E-state index is 0.0949. The van der Waals surface area contributed by atoms with Crippen molar-refractivity contribution >= 4 is 5.97 Å². The molecule has 0 aromatic rings. The molecule has 1 aliphatic rings. The molecular weight excluding hydrogens is 147 g/mol. The summed E-state index contributed by atoms with van der Waals surface area (Å²) in [6.45, 7) is -0.381. The number of carboxylic acids is 1. The van der Waals surface area contributed by atoms with Crippen molar-refractivity contribution in [2.45, 2.75) is 25.7 Å². The molecule has 1 N–H and O–H groups in total. The van der Waals surface area contributed by atoms with Crippen LogP contribution in [0.4, 0.5) is 4.39 Å². The first kappa shape index (κ1) is 8.50. The fraction of sp³-hybridized carbons (Fsp3) is 0.875. The van der Waals surface area contributed by atoms with Crippen LogP contribution in [0.25, 0.3) is 0 Å². The van der Waals surface area contributed by atoms with E-state index in [0.717, 1.165) is 19.3 Å². The number of carbonyl (C=O) groups is 1. The summed E-state index contributed by atoms with van der Waals surface area (Å²) >= 11 is 0. The summed E-state index contributed by atoms with van der Waals surface area (Å²) in [6.07, 6.45) is 3.00. The Hall–Kier alpha value is -0.600. The van der Waals surface area contributed by atoms with Crippen LogP contribution in [0, 0.1) is 11.8 Å². The van der Waals surface area contributed by atoms with Gasteiger partial charge in [0.15, 0.2) is 0 Å². The summed E-state index contributed by atoms with van der Waals surface area (Å²) in [7, 11) is 0. The standard InChI is InChI=1S/C8H13FO2/c9-5-4-6-2-1-3-7(6)8(10)11/h6-7H,1-5H2,(H,10,11). The minimum Gasteiger partial charge on any atom is -0.481 e. The number of halogens is 1. The van der Waals surface area contributed by atoms with Gasteiger partial charge in [0.05, 0.1) is 12.6 Å². The van der Waals surface area contributed by atoms with Crippen LogP contribution in [0.15, 0.2) is 0 Å². The Morgan fingerprint density at radius 1 is 1.55 bits per heavy atom. The highest BCUT2D eigenvalue weighted by molar-refractivity contribution is 5.70. The second-order valence-corrected chi connectivity index (χ2v) is 3.11. The minimum atomic E-state index is -0.749. The highest BCUT2D eigenvalue weighted by Crippen LogP contribution is 2.34. The summed E-state index contributed by atoms with van der Waals surface area (Å²) in [5.41, 5.74) is 0. The Bertz CT molecular complexity index is 147. The van der Waals surface area contributed by atoms with Gasteiger partial charge in [-0.15, -0.1) is 0 Å². The van der Waals surface area contributed by atoms with Crippen molar-refractivity contribution in [3.05, 3.63) is 0 Å². The quantitative estimate of drug-likeness (QED) is 0.684. The lowest BCUT2D eigenvalue weighted by molar-refractivity contribution is -0.143. The Balaban J connectivity index is 2.44. The Morgan fingerprint density at radius 2 is 2.27 bits per heavy atom. The van der Waals surface area contributed by atoms with Gasteiger partial charge in [-0.3, -0.25) is 9.18 Å². The van der Waals surface area contributed by atoms with Gasteiger partial charge in [-0.2, -0.15) is 0 Å². The Kier molecular flexibility index (Phi) is 2.85. The van der Waals surface area contributed by atoms with Crippen LogP contribution in [0.1, 0.15) is 25.7 Å². The molecule has 3 heteroatoms. The predicted molar refractivity (Wildman–Crippen MR) is 39.1 cm³/mol. The van der Waals surface area contributed by atoms with E-state index in [1.54, 1.807) is 0 Å². The van der Waals surface area contributed by atoms with Crippen LogP contribution in [-0.2, 0) is 4.79 Å². The largest absolute Gasteiger partial charge is 0.481 e. The molecule has 1 fully saturated rings. The first-order valence-electron chi connectivity index (χ1n) is 4.04. The number of hydrogen-bond donors (Lipinski definition) is 1. The van der Waals surface area contributed by atoms with Crippen molar-refractivity contribution in [3.63, 3.8) is 0 Å². The zero-order chi connectivity index (χ0) is 8.27. The first-order chi connectivity index (χ1) is 5.25. The SMILES string of the molecule is O=C(O)C1CCCC1CCF. The van der Waals surface area contributed by atoms with E-state index in [0.29, 0.717) is 6.42 Å². The van der Waals surface area contributed by atoms with E-state index >= 15 is 0 Å². The molecule has 2 atom stereocenters. The lowest BCUT2D eigenvalue weighted by Gasteiger charge is -2.12. The summed E-state index contributed by atoms with van der Waals surface area (Å²) in [5.74, 6) is -0.927. The fourth-order valence-corrected chi connectivity index (χ4v) is 1.85. The van der Waals surface area contributed by atoms with E-state index in [4.69, 9.17) is 5.11 Å². The second kappa shape index (κ2) is 3.69. The topological polar surface area (TPSA) is 37.3 Å². The van der Waals surface area contributed by atoms with Crippen molar-refractivity contribution < 1.29 is 14.3 Å². The van der Waals surface area contributed by atoms with Crippen LogP contribution < -0.4 is 0 Å². The van der Waals surface area contributed by atoms with Gasteiger partial charge in [-0.25, -0.2) is 0 Å². The van der Waals surface area contributed by atoms with Crippen molar-refractivity contribution in [3.8, 4) is 0 Å². The van der Waals surface area contributed by atoms with Crippen LogP contribution in [0.5, 0.6) is 0 Å². The van der Waals surface area contributed by atoms with Crippen molar-refractivity contribution in [2.24, 2.45) is 11.8 Å². The third kappa shape index (κ3) is 1.91. The molecule has 0 spiro atoms. The second-order valence-electron chi connectivity index (χ2n) is 3.11. The molecule has 0 aromatic heterocycles. The lowest BCUT2D eigenvalue weighted by atomic mass is 9.94. The maximum Gasteiger partial charge on any atom is 0.306 e. The van der Waals surface area contributed by atoms with Gasteiger partial charge in [-0.1, -0.05) is 6.42 Å². The monoisotopic (exact) mass is 160 g/mol. The molecule has 0 aromatic carbocycles. The molecule has 0 amide bonds. The normalized spacial score (nSPS) is 30.6. The maximum atomic E-state index is 11.9. The van der Waals surface area contributed by atoms with Gasteiger partial charge in [0.1, 0.15) is 0 Å². The van der Waals surface area contributed by atoms with Gasteiger partial charge in [-0.05, 0) is 25.2 Å². The summed E-state index contributed by atoms with van der Waals surface area (Å²) in [5, 5.41) is 8.69. The van der Waals surface area contributed by atoms with Crippen molar-refractivity contribution in [1.29, 1.82) is 0 Å². The lowest BCUT2D eigenvalue weighted by Crippen LogP contribution is -2.18. The fourth-order valence-electron chi connectivity index (χ4n) is 1.85. The van der Waals surface area contributed by atoms with Gasteiger partial charge in [0, 0.05) is 0 Å². The molecule has 0 aliphatic heterocycles. The van der Waals surface area contributed by atoms with Crippen molar-refractivity contribution in [1.82, 2.24) is 0 Å². The van der Waals surface area contributed by atoms with Gasteiger partial charge < -0.3 is 5.11 Å². The molecular formula is C8H13FO2. The molecule has 1 saturated carbocycles. The number of hydrogen-bond acceptors (Lipinski definition) is 1. The molecule has 1 aliphatic carbocycles. The summed E-state index contributed by atoms with van der Waals surface area (Å²) in [4.78, 5) is 10.6. The molecule has 1 rings (SSSR count). The maximum absolute atomic E-state index is 11.9. The van der Waals surface area contributed by atoms with Crippen molar-refractivity contribution in [2.75, 3.05) is 6.67 Å². The average molecular weight is 160 g/mol. The van der Waals surface area contributed by atoms with Gasteiger partial charge >= 0.3 is 5.97 Å². The van der Waals surface area contributed by atoms with E-state index in [-0.39, 0.29) is 18.5 Å². The summed E-state index contributed by atoms with van der Waals surface area (Å²) in [6, 6.07) is 0. The highest BCUT2D eigenvalue weighted by atomic mass is 19.1. The third-order valence-electron chi connectivity index (χ3n) is 2.46. The zero-order valence-electron chi connectivity index (χ0n) is 6.42.